The molecule has 1 heterocycles. The highest BCUT2D eigenvalue weighted by Gasteiger charge is 2.02. The van der Waals surface area contributed by atoms with Crippen LogP contribution in [0.15, 0.2) is 65.6 Å². The van der Waals surface area contributed by atoms with E-state index < -0.39 is 0 Å². The minimum atomic E-state index is 0.0891. The molecule has 2 aromatic carbocycles. The van der Waals surface area contributed by atoms with Gasteiger partial charge in [-0.2, -0.15) is 0 Å². The predicted molar refractivity (Wildman–Crippen MR) is 90.3 cm³/mol. The van der Waals surface area contributed by atoms with Gasteiger partial charge in [-0.25, -0.2) is 0 Å². The molecular formula is C18H18N2S. The Balaban J connectivity index is 1.71. The lowest BCUT2D eigenvalue weighted by atomic mass is 10.1. The van der Waals surface area contributed by atoms with Crippen LogP contribution >= 0.6 is 11.8 Å². The number of nitrogens with two attached hydrogens (primary N) is 1. The van der Waals surface area contributed by atoms with Gasteiger partial charge in [-0.3, -0.25) is 4.98 Å². The van der Waals surface area contributed by atoms with Crippen molar-refractivity contribution >= 4 is 22.7 Å². The maximum absolute atomic E-state index is 5.86. The third kappa shape index (κ3) is 3.43. The first kappa shape index (κ1) is 14.1. The maximum atomic E-state index is 5.86. The summed E-state index contributed by atoms with van der Waals surface area (Å²) in [7, 11) is 0. The maximum Gasteiger partial charge on any atom is 0.0705 e. The highest BCUT2D eigenvalue weighted by molar-refractivity contribution is 7.98. The number of para-hydroxylation sites is 1. The van der Waals surface area contributed by atoms with Gasteiger partial charge in [0, 0.05) is 22.1 Å². The number of rotatable bonds is 4. The van der Waals surface area contributed by atoms with Crippen molar-refractivity contribution in [2.75, 3.05) is 0 Å². The second kappa shape index (κ2) is 6.29. The van der Waals surface area contributed by atoms with Crippen LogP contribution in [0, 0.1) is 0 Å². The van der Waals surface area contributed by atoms with Crippen molar-refractivity contribution in [2.24, 2.45) is 5.73 Å². The summed E-state index contributed by atoms with van der Waals surface area (Å²) in [5.74, 6) is 0.877. The Labute approximate surface area is 129 Å². The van der Waals surface area contributed by atoms with Gasteiger partial charge in [0.1, 0.15) is 0 Å². The van der Waals surface area contributed by atoms with Crippen LogP contribution in [0.25, 0.3) is 10.9 Å². The van der Waals surface area contributed by atoms with Crippen LogP contribution in [0.4, 0.5) is 0 Å². The number of hydrogen-bond donors (Lipinski definition) is 1. The minimum Gasteiger partial charge on any atom is -0.324 e. The van der Waals surface area contributed by atoms with Crippen molar-refractivity contribution < 1.29 is 0 Å². The Morgan fingerprint density at radius 3 is 2.52 bits per heavy atom. The van der Waals surface area contributed by atoms with Gasteiger partial charge >= 0.3 is 0 Å². The Bertz CT molecular complexity index is 736. The molecule has 106 valence electrons. The Kier molecular flexibility index (Phi) is 4.23. The Morgan fingerprint density at radius 1 is 1.00 bits per heavy atom. The van der Waals surface area contributed by atoms with E-state index in [0.717, 1.165) is 17.0 Å². The molecule has 1 aromatic heterocycles. The molecule has 0 aliphatic carbocycles. The van der Waals surface area contributed by atoms with Crippen LogP contribution in [-0.2, 0) is 5.75 Å². The highest BCUT2D eigenvalue weighted by atomic mass is 32.2. The number of thioether (sulfide) groups is 1. The number of fused-ring (bicyclic) bond motifs is 1. The number of benzene rings is 2. The SMILES string of the molecule is CC(N)c1ccc(SCc2ccc3ccccc3n2)cc1. The van der Waals surface area contributed by atoms with Crippen molar-refractivity contribution in [1.82, 2.24) is 4.98 Å². The lowest BCUT2D eigenvalue weighted by molar-refractivity contribution is 0.817. The molecule has 2 N–H and O–H groups in total. The molecule has 0 spiro atoms. The van der Waals surface area contributed by atoms with Crippen molar-refractivity contribution in [3.05, 3.63) is 71.9 Å². The van der Waals surface area contributed by atoms with Gasteiger partial charge in [0.15, 0.2) is 0 Å². The highest BCUT2D eigenvalue weighted by Crippen LogP contribution is 2.24. The number of hydrogen-bond acceptors (Lipinski definition) is 3. The fourth-order valence-corrected chi connectivity index (χ4v) is 3.02. The summed E-state index contributed by atoms with van der Waals surface area (Å²) in [6, 6.07) is 21.0. The smallest absolute Gasteiger partial charge is 0.0705 e. The number of aromatic nitrogens is 1. The third-order valence-corrected chi connectivity index (χ3v) is 4.49. The van der Waals surface area contributed by atoms with Crippen molar-refractivity contribution in [1.29, 1.82) is 0 Å². The van der Waals surface area contributed by atoms with E-state index in [1.807, 2.05) is 19.1 Å². The lowest BCUT2D eigenvalue weighted by Gasteiger charge is -2.07. The van der Waals surface area contributed by atoms with E-state index >= 15 is 0 Å². The lowest BCUT2D eigenvalue weighted by Crippen LogP contribution is -2.04. The molecule has 0 aliphatic rings. The first-order chi connectivity index (χ1) is 10.2. The largest absolute Gasteiger partial charge is 0.324 e. The summed E-state index contributed by atoms with van der Waals surface area (Å²) < 4.78 is 0. The van der Waals surface area contributed by atoms with Crippen LogP contribution < -0.4 is 5.73 Å². The second-order valence-corrected chi connectivity index (χ2v) is 6.19. The molecule has 0 saturated carbocycles. The van der Waals surface area contributed by atoms with Gasteiger partial charge < -0.3 is 5.73 Å². The van der Waals surface area contributed by atoms with Crippen molar-refractivity contribution in [3.8, 4) is 0 Å². The van der Waals surface area contributed by atoms with Crippen LogP contribution in [0.3, 0.4) is 0 Å². The average Bonchev–Trinajstić information content (AvgIpc) is 2.53. The Morgan fingerprint density at radius 2 is 1.76 bits per heavy atom. The van der Waals surface area contributed by atoms with Gasteiger partial charge in [-0.1, -0.05) is 36.4 Å². The molecule has 0 radical (unpaired) electrons. The zero-order chi connectivity index (χ0) is 14.7. The van der Waals surface area contributed by atoms with E-state index in [4.69, 9.17) is 10.7 Å². The van der Waals surface area contributed by atoms with E-state index in [0.29, 0.717) is 0 Å². The summed E-state index contributed by atoms with van der Waals surface area (Å²) in [6.45, 7) is 2.00. The second-order valence-electron chi connectivity index (χ2n) is 5.14. The molecule has 2 nitrogen and oxygen atoms in total. The predicted octanol–water partition coefficient (Wildman–Crippen LogP) is 4.55. The van der Waals surface area contributed by atoms with Crippen LogP contribution in [0.5, 0.6) is 0 Å². The molecule has 0 bridgehead atoms. The molecule has 1 atom stereocenters. The first-order valence-corrected chi connectivity index (χ1v) is 8.04. The molecule has 3 aromatic rings. The monoisotopic (exact) mass is 294 g/mol. The fraction of sp³-hybridized carbons (Fsp3) is 0.167. The normalized spacial score (nSPS) is 12.5. The van der Waals surface area contributed by atoms with E-state index in [1.54, 1.807) is 11.8 Å². The molecule has 0 aliphatic heterocycles. The van der Waals surface area contributed by atoms with Crippen LogP contribution in [-0.4, -0.2) is 4.98 Å². The first-order valence-electron chi connectivity index (χ1n) is 7.05. The van der Waals surface area contributed by atoms with Gasteiger partial charge in [-0.05, 0) is 36.8 Å². The molecule has 3 rings (SSSR count). The summed E-state index contributed by atoms with van der Waals surface area (Å²) in [6.07, 6.45) is 0. The fourth-order valence-electron chi connectivity index (χ4n) is 2.21. The number of pyridine rings is 1. The summed E-state index contributed by atoms with van der Waals surface area (Å²) in [5, 5.41) is 1.19. The van der Waals surface area contributed by atoms with Crippen LogP contribution in [0.1, 0.15) is 24.2 Å². The minimum absolute atomic E-state index is 0.0891. The topological polar surface area (TPSA) is 38.9 Å². The van der Waals surface area contributed by atoms with Gasteiger partial charge in [0.05, 0.1) is 11.2 Å². The van der Waals surface area contributed by atoms with E-state index in [1.165, 1.54) is 15.8 Å². The van der Waals surface area contributed by atoms with E-state index in [9.17, 15) is 0 Å². The standard InChI is InChI=1S/C18H18N2S/c1-13(19)14-7-10-17(11-8-14)21-12-16-9-6-15-4-2-3-5-18(15)20-16/h2-11,13H,12,19H2,1H3. The molecule has 0 amide bonds. The molecule has 0 fully saturated rings. The third-order valence-electron chi connectivity index (χ3n) is 3.45. The number of nitrogens with zero attached hydrogens (tertiary/aromatic N) is 1. The van der Waals surface area contributed by atoms with Gasteiger partial charge in [0.25, 0.3) is 0 Å². The summed E-state index contributed by atoms with van der Waals surface area (Å²) >= 11 is 1.80. The summed E-state index contributed by atoms with van der Waals surface area (Å²) in [5.41, 5.74) is 9.20. The zero-order valence-corrected chi connectivity index (χ0v) is 12.8. The zero-order valence-electron chi connectivity index (χ0n) is 12.0. The van der Waals surface area contributed by atoms with E-state index in [2.05, 4.69) is 48.5 Å². The molecular weight excluding hydrogens is 276 g/mol. The Hall–Kier alpha value is -1.84. The van der Waals surface area contributed by atoms with Crippen molar-refractivity contribution in [3.63, 3.8) is 0 Å². The van der Waals surface area contributed by atoms with Gasteiger partial charge in [0.2, 0.25) is 0 Å². The molecule has 0 saturated heterocycles. The van der Waals surface area contributed by atoms with Gasteiger partial charge in [-0.15, -0.1) is 11.8 Å². The van der Waals surface area contributed by atoms with Crippen LogP contribution in [0.2, 0.25) is 0 Å². The average molecular weight is 294 g/mol. The quantitative estimate of drug-likeness (QED) is 0.718. The summed E-state index contributed by atoms with van der Waals surface area (Å²) in [4.78, 5) is 5.94. The van der Waals surface area contributed by atoms with E-state index in [-0.39, 0.29) is 6.04 Å². The molecule has 21 heavy (non-hydrogen) atoms. The van der Waals surface area contributed by atoms with Crippen molar-refractivity contribution in [2.45, 2.75) is 23.6 Å². The molecule has 1 unspecified atom stereocenters. The molecule has 3 heteroatoms.